The Labute approximate surface area is 115 Å². The maximum absolute atomic E-state index is 12.6. The van der Waals surface area contributed by atoms with Crippen LogP contribution in [0.1, 0.15) is 39.0 Å². The number of nitrogens with one attached hydrogen (secondary N) is 1. The predicted octanol–water partition coefficient (Wildman–Crippen LogP) is 1.44. The smallest absolute Gasteiger partial charge is 0.320 e. The van der Waals surface area contributed by atoms with Gasteiger partial charge in [0.05, 0.1) is 0 Å². The zero-order chi connectivity index (χ0) is 13.8. The predicted molar refractivity (Wildman–Crippen MR) is 73.8 cm³/mol. The average molecular weight is 267 g/mol. The van der Waals surface area contributed by atoms with Crippen molar-refractivity contribution in [2.75, 3.05) is 26.7 Å². The Hall–Kier alpha value is -1.26. The lowest BCUT2D eigenvalue weighted by Gasteiger charge is -2.40. The summed E-state index contributed by atoms with van der Waals surface area (Å²) in [4.78, 5) is 28.2. The van der Waals surface area contributed by atoms with Crippen LogP contribution in [0.15, 0.2) is 0 Å². The highest BCUT2D eigenvalue weighted by molar-refractivity contribution is 5.87. The minimum atomic E-state index is -0.275. The van der Waals surface area contributed by atoms with Crippen LogP contribution >= 0.6 is 0 Å². The summed E-state index contributed by atoms with van der Waals surface area (Å²) < 4.78 is 0. The van der Waals surface area contributed by atoms with Crippen LogP contribution in [-0.2, 0) is 4.79 Å². The first-order valence-corrected chi connectivity index (χ1v) is 7.40. The Morgan fingerprint density at radius 1 is 1.11 bits per heavy atom. The first kappa shape index (κ1) is 14.2. The molecule has 0 spiro atoms. The summed E-state index contributed by atoms with van der Waals surface area (Å²) in [6.45, 7) is 4.56. The number of urea groups is 1. The third kappa shape index (κ3) is 3.19. The molecule has 0 aromatic rings. The Bertz CT molecular complexity index is 346. The van der Waals surface area contributed by atoms with E-state index in [2.05, 4.69) is 12.2 Å². The summed E-state index contributed by atoms with van der Waals surface area (Å²) in [6.07, 6.45) is 5.09. The molecule has 2 heterocycles. The summed E-state index contributed by atoms with van der Waals surface area (Å²) in [7, 11) is 1.64. The van der Waals surface area contributed by atoms with Crippen LogP contribution in [0.5, 0.6) is 0 Å². The lowest BCUT2D eigenvalue weighted by molar-refractivity contribution is -0.126. The fourth-order valence-electron chi connectivity index (χ4n) is 3.14. The molecule has 2 rings (SSSR count). The molecule has 0 aromatic carbocycles. The number of hydrogen-bond acceptors (Lipinski definition) is 2. The third-order valence-electron chi connectivity index (χ3n) is 4.23. The number of carbonyl (C=O) groups excluding carboxylic acids is 2. The highest BCUT2D eigenvalue weighted by Crippen LogP contribution is 2.22. The van der Waals surface area contributed by atoms with E-state index in [1.807, 2.05) is 4.90 Å². The van der Waals surface area contributed by atoms with Crippen molar-refractivity contribution in [1.82, 2.24) is 15.1 Å². The number of likely N-dealkylation sites (tertiary alicyclic amines) is 2. The molecule has 2 aliphatic rings. The van der Waals surface area contributed by atoms with Crippen molar-refractivity contribution in [2.24, 2.45) is 5.92 Å². The van der Waals surface area contributed by atoms with Gasteiger partial charge in [-0.1, -0.05) is 6.92 Å². The standard InChI is InChI=1S/C14H25N3O2/c1-11-6-5-8-16(10-11)14(19)17-9-4-3-7-12(17)13(18)15-2/h11-12H,3-10H2,1-2H3,(H,15,18). The number of nitrogens with zero attached hydrogens (tertiary/aromatic N) is 2. The van der Waals surface area contributed by atoms with E-state index in [4.69, 9.17) is 0 Å². The number of likely N-dealkylation sites (N-methyl/N-ethyl adjacent to an activating group) is 1. The Balaban J connectivity index is 2.04. The fraction of sp³-hybridized carbons (Fsp3) is 0.857. The molecule has 108 valence electrons. The molecule has 2 saturated heterocycles. The molecule has 0 aliphatic carbocycles. The average Bonchev–Trinajstić information content (AvgIpc) is 2.45. The van der Waals surface area contributed by atoms with Gasteiger partial charge in [-0.25, -0.2) is 4.79 Å². The number of hydrogen-bond donors (Lipinski definition) is 1. The Kier molecular flexibility index (Phi) is 4.66. The van der Waals surface area contributed by atoms with Crippen LogP contribution in [0.25, 0.3) is 0 Å². The number of carbonyl (C=O) groups is 2. The molecule has 1 N–H and O–H groups in total. The van der Waals surface area contributed by atoms with Gasteiger partial charge in [0.25, 0.3) is 0 Å². The summed E-state index contributed by atoms with van der Waals surface area (Å²) in [5, 5.41) is 2.68. The molecule has 0 saturated carbocycles. The van der Waals surface area contributed by atoms with E-state index in [1.165, 1.54) is 6.42 Å². The van der Waals surface area contributed by atoms with Gasteiger partial charge >= 0.3 is 6.03 Å². The molecular formula is C14H25N3O2. The van der Waals surface area contributed by atoms with E-state index in [0.29, 0.717) is 12.5 Å². The number of piperidine rings is 2. The quantitative estimate of drug-likeness (QED) is 0.781. The van der Waals surface area contributed by atoms with Gasteiger partial charge in [-0.15, -0.1) is 0 Å². The largest absolute Gasteiger partial charge is 0.357 e. The van der Waals surface area contributed by atoms with Gasteiger partial charge in [0, 0.05) is 26.7 Å². The van der Waals surface area contributed by atoms with Crippen molar-refractivity contribution in [3.8, 4) is 0 Å². The van der Waals surface area contributed by atoms with Gasteiger partial charge in [0.15, 0.2) is 0 Å². The molecular weight excluding hydrogens is 242 g/mol. The maximum atomic E-state index is 12.6. The first-order chi connectivity index (χ1) is 9.13. The Morgan fingerprint density at radius 2 is 1.89 bits per heavy atom. The monoisotopic (exact) mass is 267 g/mol. The zero-order valence-corrected chi connectivity index (χ0v) is 12.0. The highest BCUT2D eigenvalue weighted by Gasteiger charge is 2.34. The van der Waals surface area contributed by atoms with Crippen LogP contribution in [0.4, 0.5) is 4.79 Å². The Morgan fingerprint density at radius 3 is 2.58 bits per heavy atom. The topological polar surface area (TPSA) is 52.7 Å². The molecule has 2 fully saturated rings. The van der Waals surface area contributed by atoms with E-state index in [-0.39, 0.29) is 18.0 Å². The van der Waals surface area contributed by atoms with Gasteiger partial charge in [0.1, 0.15) is 6.04 Å². The molecule has 19 heavy (non-hydrogen) atoms. The van der Waals surface area contributed by atoms with Crippen molar-refractivity contribution in [3.05, 3.63) is 0 Å². The summed E-state index contributed by atoms with van der Waals surface area (Å²) >= 11 is 0. The molecule has 3 amide bonds. The van der Waals surface area contributed by atoms with Crippen LogP contribution in [0.3, 0.4) is 0 Å². The highest BCUT2D eigenvalue weighted by atomic mass is 16.2. The van der Waals surface area contributed by atoms with Crippen LogP contribution in [0, 0.1) is 5.92 Å². The summed E-state index contributed by atoms with van der Waals surface area (Å²) in [5.74, 6) is 0.541. The van der Waals surface area contributed by atoms with E-state index in [1.54, 1.807) is 11.9 Å². The van der Waals surface area contributed by atoms with Crippen molar-refractivity contribution < 1.29 is 9.59 Å². The SMILES string of the molecule is CNC(=O)C1CCCCN1C(=O)N1CCCC(C)C1. The molecule has 5 heteroatoms. The van der Waals surface area contributed by atoms with Gasteiger partial charge in [-0.2, -0.15) is 0 Å². The minimum absolute atomic E-state index is 0.0295. The fourth-order valence-corrected chi connectivity index (χ4v) is 3.14. The summed E-state index contributed by atoms with van der Waals surface area (Å²) in [6, 6.07) is -0.219. The maximum Gasteiger partial charge on any atom is 0.320 e. The molecule has 0 aromatic heterocycles. The van der Waals surface area contributed by atoms with Crippen LogP contribution in [-0.4, -0.2) is 54.5 Å². The first-order valence-electron chi connectivity index (χ1n) is 7.40. The number of amides is 3. The second-order valence-corrected chi connectivity index (χ2v) is 5.80. The van der Waals surface area contributed by atoms with Gasteiger partial charge in [0.2, 0.25) is 5.91 Å². The van der Waals surface area contributed by atoms with Crippen molar-refractivity contribution >= 4 is 11.9 Å². The molecule has 2 atom stereocenters. The van der Waals surface area contributed by atoms with Crippen molar-refractivity contribution in [1.29, 1.82) is 0 Å². The molecule has 0 radical (unpaired) electrons. The normalized spacial score (nSPS) is 28.1. The second kappa shape index (κ2) is 6.26. The molecule has 2 aliphatic heterocycles. The lowest BCUT2D eigenvalue weighted by atomic mass is 9.99. The third-order valence-corrected chi connectivity index (χ3v) is 4.23. The lowest BCUT2D eigenvalue weighted by Crippen LogP contribution is -2.56. The van der Waals surface area contributed by atoms with E-state index in [9.17, 15) is 9.59 Å². The van der Waals surface area contributed by atoms with E-state index in [0.717, 1.165) is 38.8 Å². The summed E-state index contributed by atoms with van der Waals surface area (Å²) in [5.41, 5.74) is 0. The van der Waals surface area contributed by atoms with Gasteiger partial charge in [-0.05, 0) is 38.0 Å². The number of rotatable bonds is 1. The van der Waals surface area contributed by atoms with Gasteiger partial charge in [-0.3, -0.25) is 4.79 Å². The zero-order valence-electron chi connectivity index (χ0n) is 12.0. The van der Waals surface area contributed by atoms with E-state index < -0.39 is 0 Å². The molecule has 2 unspecified atom stereocenters. The minimum Gasteiger partial charge on any atom is -0.357 e. The molecule has 0 bridgehead atoms. The second-order valence-electron chi connectivity index (χ2n) is 5.80. The van der Waals surface area contributed by atoms with Crippen molar-refractivity contribution in [2.45, 2.75) is 45.1 Å². The van der Waals surface area contributed by atoms with Crippen molar-refractivity contribution in [3.63, 3.8) is 0 Å². The van der Waals surface area contributed by atoms with Crippen LogP contribution < -0.4 is 5.32 Å². The van der Waals surface area contributed by atoms with Crippen LogP contribution in [0.2, 0.25) is 0 Å². The van der Waals surface area contributed by atoms with E-state index >= 15 is 0 Å². The van der Waals surface area contributed by atoms with Gasteiger partial charge < -0.3 is 15.1 Å². The molecule has 5 nitrogen and oxygen atoms in total.